The number of hydrogen-bond donors (Lipinski definition) is 0. The summed E-state index contributed by atoms with van der Waals surface area (Å²) in [6.07, 6.45) is -4.94. The molecule has 5 nitrogen and oxygen atoms in total. The zero-order valence-corrected chi connectivity index (χ0v) is 16.0. The van der Waals surface area contributed by atoms with Gasteiger partial charge in [-0.3, -0.25) is 9.59 Å². The second-order valence-corrected chi connectivity index (χ2v) is 7.25. The standard InChI is InChI=1S/C19H19F3N2O3S/c1-2-27-14-6-4-3-5-13(14)23-9-11-24(12-10-23)18(26)16-8-7-15(28-16)17(25)19(20,21)22/h3-8H,2,9-12H2,1H3. The third-order valence-electron chi connectivity index (χ3n) is 4.37. The highest BCUT2D eigenvalue weighted by Gasteiger charge is 2.40. The number of Topliss-reactive ketones (excluding diaryl/α,β-unsaturated/α-hetero) is 1. The van der Waals surface area contributed by atoms with Gasteiger partial charge < -0.3 is 14.5 Å². The van der Waals surface area contributed by atoms with Crippen molar-refractivity contribution in [3.05, 3.63) is 46.2 Å². The number of ketones is 1. The van der Waals surface area contributed by atoms with Crippen molar-refractivity contribution in [1.29, 1.82) is 0 Å². The van der Waals surface area contributed by atoms with Gasteiger partial charge >= 0.3 is 6.18 Å². The molecule has 1 aromatic heterocycles. The number of halogens is 3. The molecule has 2 aromatic rings. The van der Waals surface area contributed by atoms with E-state index in [1.165, 1.54) is 6.07 Å². The summed E-state index contributed by atoms with van der Waals surface area (Å²) in [5.74, 6) is -1.50. The van der Waals surface area contributed by atoms with E-state index >= 15 is 0 Å². The van der Waals surface area contributed by atoms with Gasteiger partial charge in [0.25, 0.3) is 11.7 Å². The molecule has 28 heavy (non-hydrogen) atoms. The average Bonchev–Trinajstić information content (AvgIpc) is 3.17. The van der Waals surface area contributed by atoms with Crippen molar-refractivity contribution < 1.29 is 27.5 Å². The highest BCUT2D eigenvalue weighted by atomic mass is 32.1. The molecule has 0 N–H and O–H groups in total. The molecule has 9 heteroatoms. The number of thiophene rings is 1. The Morgan fingerprint density at radius 3 is 2.32 bits per heavy atom. The summed E-state index contributed by atoms with van der Waals surface area (Å²) in [5, 5.41) is 0. The van der Waals surface area contributed by atoms with Crippen LogP contribution in [0.25, 0.3) is 0 Å². The van der Waals surface area contributed by atoms with Gasteiger partial charge in [-0.05, 0) is 31.2 Å². The topological polar surface area (TPSA) is 49.9 Å². The van der Waals surface area contributed by atoms with Crippen molar-refractivity contribution in [3.8, 4) is 5.75 Å². The Morgan fingerprint density at radius 1 is 1.04 bits per heavy atom. The van der Waals surface area contributed by atoms with Crippen LogP contribution in [0.4, 0.5) is 18.9 Å². The smallest absolute Gasteiger partial charge is 0.455 e. The molecule has 1 amide bonds. The SMILES string of the molecule is CCOc1ccccc1N1CCN(C(=O)c2ccc(C(=O)C(F)(F)F)s2)CC1. The number of para-hydroxylation sites is 2. The summed E-state index contributed by atoms with van der Waals surface area (Å²) in [4.78, 5) is 27.3. The molecular weight excluding hydrogens is 393 g/mol. The van der Waals surface area contributed by atoms with Gasteiger partial charge in [-0.25, -0.2) is 0 Å². The lowest BCUT2D eigenvalue weighted by molar-refractivity contribution is -0.0882. The number of hydrogen-bond acceptors (Lipinski definition) is 5. The van der Waals surface area contributed by atoms with Crippen LogP contribution in [0.2, 0.25) is 0 Å². The molecule has 1 fully saturated rings. The molecule has 3 rings (SSSR count). The number of carbonyl (C=O) groups is 2. The minimum Gasteiger partial charge on any atom is -0.492 e. The number of amides is 1. The van der Waals surface area contributed by atoms with Gasteiger partial charge in [0.2, 0.25) is 0 Å². The van der Waals surface area contributed by atoms with E-state index in [1.807, 2.05) is 31.2 Å². The van der Waals surface area contributed by atoms with Crippen LogP contribution in [0.5, 0.6) is 5.75 Å². The van der Waals surface area contributed by atoms with Crippen molar-refractivity contribution in [2.75, 3.05) is 37.7 Å². The van der Waals surface area contributed by atoms with Gasteiger partial charge in [-0.1, -0.05) is 12.1 Å². The number of anilines is 1. The Labute approximate surface area is 164 Å². The van der Waals surface area contributed by atoms with Crippen molar-refractivity contribution in [3.63, 3.8) is 0 Å². The maximum absolute atomic E-state index is 12.6. The van der Waals surface area contributed by atoms with E-state index in [0.717, 1.165) is 17.5 Å². The van der Waals surface area contributed by atoms with Gasteiger partial charge in [-0.15, -0.1) is 11.3 Å². The van der Waals surface area contributed by atoms with E-state index in [4.69, 9.17) is 4.74 Å². The first-order valence-corrected chi connectivity index (χ1v) is 9.60. The first kappa shape index (κ1) is 20.2. The lowest BCUT2D eigenvalue weighted by atomic mass is 10.2. The maximum Gasteiger partial charge on any atom is 0.455 e. The molecule has 1 saturated heterocycles. The minimum absolute atomic E-state index is 0.135. The quantitative estimate of drug-likeness (QED) is 0.700. The fraction of sp³-hybridized carbons (Fsp3) is 0.368. The van der Waals surface area contributed by atoms with Gasteiger partial charge in [-0.2, -0.15) is 13.2 Å². The summed E-state index contributed by atoms with van der Waals surface area (Å²) in [6.45, 7) is 4.48. The fourth-order valence-corrected chi connectivity index (χ4v) is 3.95. The molecule has 1 aromatic carbocycles. The lowest BCUT2D eigenvalue weighted by Gasteiger charge is -2.36. The first-order chi connectivity index (χ1) is 13.3. The second-order valence-electron chi connectivity index (χ2n) is 6.17. The van der Waals surface area contributed by atoms with Crippen LogP contribution < -0.4 is 9.64 Å². The largest absolute Gasteiger partial charge is 0.492 e. The maximum atomic E-state index is 12.6. The van der Waals surface area contributed by atoms with E-state index in [1.54, 1.807) is 4.90 Å². The molecule has 0 radical (unpaired) electrons. The second kappa shape index (κ2) is 8.22. The van der Waals surface area contributed by atoms with Crippen molar-refractivity contribution in [2.24, 2.45) is 0 Å². The van der Waals surface area contributed by atoms with Crippen LogP contribution in [0.1, 0.15) is 26.3 Å². The number of alkyl halides is 3. The molecule has 0 aliphatic carbocycles. The zero-order chi connectivity index (χ0) is 20.3. The normalized spacial score (nSPS) is 14.9. The van der Waals surface area contributed by atoms with Crippen LogP contribution in [0, 0.1) is 0 Å². The predicted octanol–water partition coefficient (Wildman–Crippen LogP) is 3.85. The molecule has 2 heterocycles. The van der Waals surface area contributed by atoms with Gasteiger partial charge in [0.15, 0.2) is 0 Å². The lowest BCUT2D eigenvalue weighted by Crippen LogP contribution is -2.48. The van der Waals surface area contributed by atoms with Crippen LogP contribution >= 0.6 is 11.3 Å². The summed E-state index contributed by atoms with van der Waals surface area (Å²) >= 11 is 0.581. The Kier molecular flexibility index (Phi) is 5.93. The monoisotopic (exact) mass is 412 g/mol. The van der Waals surface area contributed by atoms with Crippen molar-refractivity contribution in [2.45, 2.75) is 13.1 Å². The molecule has 1 aliphatic rings. The highest BCUT2D eigenvalue weighted by Crippen LogP contribution is 2.30. The van der Waals surface area contributed by atoms with E-state index in [2.05, 4.69) is 4.90 Å². The molecular formula is C19H19F3N2O3S. The summed E-state index contributed by atoms with van der Waals surface area (Å²) in [6, 6.07) is 9.99. The molecule has 0 bridgehead atoms. The Balaban J connectivity index is 1.65. The molecule has 0 unspecified atom stereocenters. The minimum atomic E-state index is -4.94. The third-order valence-corrected chi connectivity index (χ3v) is 5.44. The number of benzene rings is 1. The van der Waals surface area contributed by atoms with Crippen molar-refractivity contribution in [1.82, 2.24) is 4.90 Å². The number of piperazine rings is 1. The first-order valence-electron chi connectivity index (χ1n) is 8.78. The molecule has 0 saturated carbocycles. The summed E-state index contributed by atoms with van der Waals surface area (Å²) in [7, 11) is 0. The highest BCUT2D eigenvalue weighted by molar-refractivity contribution is 7.16. The number of ether oxygens (including phenoxy) is 1. The Bertz CT molecular complexity index is 858. The van der Waals surface area contributed by atoms with E-state index in [0.29, 0.717) is 44.1 Å². The number of carbonyl (C=O) groups excluding carboxylic acids is 2. The van der Waals surface area contributed by atoms with E-state index in [-0.39, 0.29) is 10.8 Å². The van der Waals surface area contributed by atoms with Crippen LogP contribution in [0.3, 0.4) is 0 Å². The molecule has 1 aliphatic heterocycles. The van der Waals surface area contributed by atoms with Crippen molar-refractivity contribution >= 4 is 28.7 Å². The van der Waals surface area contributed by atoms with Crippen LogP contribution in [-0.4, -0.2) is 55.6 Å². The summed E-state index contributed by atoms with van der Waals surface area (Å²) < 4.78 is 43.3. The average molecular weight is 412 g/mol. The predicted molar refractivity (Wildman–Crippen MR) is 100 cm³/mol. The van der Waals surface area contributed by atoms with Gasteiger partial charge in [0.05, 0.1) is 22.0 Å². The Hall–Kier alpha value is -2.55. The number of rotatable bonds is 5. The van der Waals surface area contributed by atoms with E-state index in [9.17, 15) is 22.8 Å². The van der Waals surface area contributed by atoms with Gasteiger partial charge in [0.1, 0.15) is 5.75 Å². The molecule has 0 spiro atoms. The fourth-order valence-electron chi connectivity index (χ4n) is 3.02. The Morgan fingerprint density at radius 2 is 1.68 bits per heavy atom. The zero-order valence-electron chi connectivity index (χ0n) is 15.2. The van der Waals surface area contributed by atoms with Crippen LogP contribution in [0.15, 0.2) is 36.4 Å². The molecule has 150 valence electrons. The molecule has 0 atom stereocenters. The van der Waals surface area contributed by atoms with E-state index < -0.39 is 16.8 Å². The third kappa shape index (κ3) is 4.30. The van der Waals surface area contributed by atoms with Crippen LogP contribution in [-0.2, 0) is 0 Å². The van der Waals surface area contributed by atoms with Gasteiger partial charge in [0, 0.05) is 26.2 Å². The number of nitrogens with zero attached hydrogens (tertiary/aromatic N) is 2. The summed E-state index contributed by atoms with van der Waals surface area (Å²) in [5.41, 5.74) is 0.950.